The minimum absolute atomic E-state index is 0.229. The first-order chi connectivity index (χ1) is 16.0. The van der Waals surface area contributed by atoms with Crippen molar-refractivity contribution in [1.82, 2.24) is 4.31 Å². The number of sulfonamides is 1. The second kappa shape index (κ2) is 11.0. The number of ether oxygens (including phenoxy) is 2. The highest BCUT2D eigenvalue weighted by molar-refractivity contribution is 7.89. The SMILES string of the molecule is CC(C)(C)OC(=O)[C@@H](CCO)N(C(=O)OC(C)(C)C)S(=O)(=O)c1ccc(-c2ccc(Cl)cc2)cc1. The molecule has 8 nitrogen and oxygen atoms in total. The summed E-state index contributed by atoms with van der Waals surface area (Å²) >= 11 is 5.93. The molecule has 1 amide bonds. The van der Waals surface area contributed by atoms with Crippen LogP contribution in [0.3, 0.4) is 0 Å². The number of amides is 1. The molecule has 2 aromatic rings. The van der Waals surface area contributed by atoms with Gasteiger partial charge in [-0.25, -0.2) is 18.0 Å². The second-order valence-corrected chi connectivity index (χ2v) is 12.1. The van der Waals surface area contributed by atoms with Crippen LogP contribution >= 0.6 is 11.6 Å². The standard InChI is InChI=1S/C25H32ClNO7S/c1-24(2,3)33-22(29)21(15-16-28)27(23(30)34-25(4,5)6)35(31,32)20-13-9-18(10-14-20)17-7-11-19(26)12-8-17/h7-14,21,28H,15-16H2,1-6H3/t21-/m1/s1. The van der Waals surface area contributed by atoms with Gasteiger partial charge in [-0.15, -0.1) is 0 Å². The van der Waals surface area contributed by atoms with Crippen LogP contribution in [0.1, 0.15) is 48.0 Å². The third-order valence-electron chi connectivity index (χ3n) is 4.53. The summed E-state index contributed by atoms with van der Waals surface area (Å²) < 4.78 is 38.4. The zero-order valence-corrected chi connectivity index (χ0v) is 22.3. The lowest BCUT2D eigenvalue weighted by molar-refractivity contribution is -0.160. The smallest absolute Gasteiger partial charge is 0.425 e. The van der Waals surface area contributed by atoms with Gasteiger partial charge in [-0.05, 0) is 76.9 Å². The van der Waals surface area contributed by atoms with Gasteiger partial charge in [-0.3, -0.25) is 0 Å². The number of carbonyl (C=O) groups is 2. The van der Waals surface area contributed by atoms with Gasteiger partial charge in [0, 0.05) is 18.1 Å². The van der Waals surface area contributed by atoms with Crippen LogP contribution in [0.15, 0.2) is 53.4 Å². The summed E-state index contributed by atoms with van der Waals surface area (Å²) in [6.45, 7) is 9.00. The van der Waals surface area contributed by atoms with Crippen LogP contribution in [0.4, 0.5) is 4.79 Å². The second-order valence-electron chi connectivity index (χ2n) is 9.87. The van der Waals surface area contributed by atoms with Crippen LogP contribution in [0.5, 0.6) is 0 Å². The Balaban J connectivity index is 2.55. The average Bonchev–Trinajstić information content (AvgIpc) is 2.71. The maximum Gasteiger partial charge on any atom is 0.425 e. The van der Waals surface area contributed by atoms with Gasteiger partial charge in [0.05, 0.1) is 4.90 Å². The lowest BCUT2D eigenvalue weighted by Crippen LogP contribution is -2.52. The lowest BCUT2D eigenvalue weighted by atomic mass is 10.1. The van der Waals surface area contributed by atoms with E-state index in [1.807, 2.05) is 0 Å². The van der Waals surface area contributed by atoms with Crippen molar-refractivity contribution in [3.63, 3.8) is 0 Å². The lowest BCUT2D eigenvalue weighted by Gasteiger charge is -2.33. The minimum atomic E-state index is -4.57. The van der Waals surface area contributed by atoms with Gasteiger partial charge in [0.25, 0.3) is 10.0 Å². The van der Waals surface area contributed by atoms with Crippen molar-refractivity contribution in [1.29, 1.82) is 0 Å². The van der Waals surface area contributed by atoms with Crippen LogP contribution in [0, 0.1) is 0 Å². The number of aliphatic hydroxyl groups is 1. The number of hydrogen-bond acceptors (Lipinski definition) is 7. The normalized spacial score (nSPS) is 13.1. The van der Waals surface area contributed by atoms with Crippen molar-refractivity contribution in [2.24, 2.45) is 0 Å². The van der Waals surface area contributed by atoms with Gasteiger partial charge in [0.2, 0.25) is 0 Å². The van der Waals surface area contributed by atoms with Crippen molar-refractivity contribution in [3.05, 3.63) is 53.6 Å². The van der Waals surface area contributed by atoms with E-state index >= 15 is 0 Å². The van der Waals surface area contributed by atoms with Gasteiger partial charge in [0.1, 0.15) is 11.2 Å². The summed E-state index contributed by atoms with van der Waals surface area (Å²) in [4.78, 5) is 25.8. The summed E-state index contributed by atoms with van der Waals surface area (Å²) in [6, 6.07) is 11.2. The van der Waals surface area contributed by atoms with Crippen molar-refractivity contribution in [2.45, 2.75) is 70.1 Å². The van der Waals surface area contributed by atoms with Gasteiger partial charge >= 0.3 is 12.1 Å². The molecule has 0 aliphatic carbocycles. The predicted octanol–water partition coefficient (Wildman–Crippen LogP) is 5.03. The highest BCUT2D eigenvalue weighted by atomic mass is 35.5. The van der Waals surface area contributed by atoms with E-state index in [0.29, 0.717) is 9.33 Å². The molecule has 1 N–H and O–H groups in total. The van der Waals surface area contributed by atoms with E-state index in [-0.39, 0.29) is 11.3 Å². The number of benzene rings is 2. The Morgan fingerprint density at radius 3 is 1.77 bits per heavy atom. The first kappa shape index (κ1) is 28.6. The molecular weight excluding hydrogens is 494 g/mol. The van der Waals surface area contributed by atoms with Crippen molar-refractivity contribution in [3.8, 4) is 11.1 Å². The fraction of sp³-hybridized carbons (Fsp3) is 0.440. The molecule has 0 aromatic heterocycles. The van der Waals surface area contributed by atoms with E-state index in [4.69, 9.17) is 21.1 Å². The molecule has 2 aromatic carbocycles. The Kier molecular flexibility index (Phi) is 8.97. The average molecular weight is 526 g/mol. The van der Waals surface area contributed by atoms with Crippen molar-refractivity contribution in [2.75, 3.05) is 6.61 Å². The Bertz CT molecular complexity index is 1130. The first-order valence-corrected chi connectivity index (χ1v) is 12.8. The Hall–Kier alpha value is -2.62. The summed E-state index contributed by atoms with van der Waals surface area (Å²) in [6.07, 6.45) is -1.61. The van der Waals surface area contributed by atoms with Gasteiger partial charge in [-0.1, -0.05) is 35.9 Å². The molecule has 0 spiro atoms. The van der Waals surface area contributed by atoms with Gasteiger partial charge in [0.15, 0.2) is 6.04 Å². The van der Waals surface area contributed by atoms with E-state index in [2.05, 4.69) is 0 Å². The number of rotatable bonds is 7. The number of nitrogens with zero attached hydrogens (tertiary/aromatic N) is 1. The quantitative estimate of drug-likeness (QED) is 0.505. The van der Waals surface area contributed by atoms with Gasteiger partial charge in [-0.2, -0.15) is 4.31 Å². The highest BCUT2D eigenvalue weighted by Crippen LogP contribution is 2.28. The molecule has 35 heavy (non-hydrogen) atoms. The Morgan fingerprint density at radius 2 is 1.34 bits per heavy atom. The summed E-state index contributed by atoms with van der Waals surface area (Å²) in [5.41, 5.74) is -0.451. The zero-order chi connectivity index (χ0) is 26.6. The van der Waals surface area contributed by atoms with Crippen LogP contribution in [-0.4, -0.2) is 53.7 Å². The molecule has 0 aliphatic rings. The van der Waals surface area contributed by atoms with Crippen LogP contribution in [0.25, 0.3) is 11.1 Å². The van der Waals surface area contributed by atoms with E-state index in [1.165, 1.54) is 12.1 Å². The molecule has 0 aliphatic heterocycles. The monoisotopic (exact) mass is 525 g/mol. The molecule has 0 heterocycles. The first-order valence-electron chi connectivity index (χ1n) is 11.0. The van der Waals surface area contributed by atoms with Crippen molar-refractivity contribution >= 4 is 33.7 Å². The summed E-state index contributed by atoms with van der Waals surface area (Å²) in [5, 5.41) is 10.1. The molecule has 10 heteroatoms. The minimum Gasteiger partial charge on any atom is -0.458 e. The van der Waals surface area contributed by atoms with Crippen LogP contribution in [-0.2, 0) is 24.3 Å². The Labute approximate surface area is 211 Å². The maximum atomic E-state index is 13.7. The third-order valence-corrected chi connectivity index (χ3v) is 6.57. The van der Waals surface area contributed by atoms with Crippen LogP contribution < -0.4 is 0 Å². The molecule has 192 valence electrons. The zero-order valence-electron chi connectivity index (χ0n) is 20.7. The molecule has 1 atom stereocenters. The Morgan fingerprint density at radius 1 is 0.886 bits per heavy atom. The molecule has 0 unspecified atom stereocenters. The predicted molar refractivity (Wildman–Crippen MR) is 133 cm³/mol. The molecule has 0 saturated heterocycles. The van der Waals surface area contributed by atoms with Gasteiger partial charge < -0.3 is 14.6 Å². The molecule has 0 bridgehead atoms. The number of esters is 1. The molecule has 0 saturated carbocycles. The number of halogens is 1. The van der Waals surface area contributed by atoms with E-state index in [0.717, 1.165) is 11.1 Å². The fourth-order valence-corrected chi connectivity index (χ4v) is 4.69. The highest BCUT2D eigenvalue weighted by Gasteiger charge is 2.43. The molecular formula is C25H32ClNO7S. The third kappa shape index (κ3) is 7.95. The summed E-state index contributed by atoms with van der Waals surface area (Å²) in [7, 11) is -4.57. The fourth-order valence-electron chi connectivity index (χ4n) is 3.10. The van der Waals surface area contributed by atoms with E-state index in [9.17, 15) is 23.1 Å². The largest absolute Gasteiger partial charge is 0.458 e. The molecule has 0 fully saturated rings. The van der Waals surface area contributed by atoms with Crippen molar-refractivity contribution < 1.29 is 32.6 Å². The van der Waals surface area contributed by atoms with E-state index < -0.39 is 45.9 Å². The maximum absolute atomic E-state index is 13.7. The number of hydrogen-bond donors (Lipinski definition) is 1. The molecule has 2 rings (SSSR count). The number of aliphatic hydroxyl groups excluding tert-OH is 1. The topological polar surface area (TPSA) is 110 Å². The summed E-state index contributed by atoms with van der Waals surface area (Å²) in [5.74, 6) is -0.973. The van der Waals surface area contributed by atoms with E-state index in [1.54, 1.807) is 77.9 Å². The molecule has 0 radical (unpaired) electrons. The van der Waals surface area contributed by atoms with Crippen LogP contribution in [0.2, 0.25) is 5.02 Å². The number of carbonyl (C=O) groups excluding carboxylic acids is 2.